The molecule has 3 N–H and O–H groups in total. The Balaban J connectivity index is 2.59. The number of anilines is 2. The van der Waals surface area contributed by atoms with E-state index in [0.29, 0.717) is 18.4 Å². The normalized spacial score (nSPS) is 11.9. The maximum absolute atomic E-state index is 11.0. The Hall–Kier alpha value is -1.83. The van der Waals surface area contributed by atoms with Crippen molar-refractivity contribution < 1.29 is 9.53 Å². The van der Waals surface area contributed by atoms with Crippen LogP contribution < -0.4 is 16.0 Å². The summed E-state index contributed by atoms with van der Waals surface area (Å²) in [6.07, 6.45) is -0.831. The second-order valence-electron chi connectivity index (χ2n) is 4.40. The van der Waals surface area contributed by atoms with Crippen LogP contribution in [-0.4, -0.2) is 46.8 Å². The van der Waals surface area contributed by atoms with Crippen molar-refractivity contribution in [1.82, 2.24) is 20.3 Å². The first kappa shape index (κ1) is 16.2. The van der Waals surface area contributed by atoms with Crippen molar-refractivity contribution in [3.63, 3.8) is 0 Å². The molecule has 0 aliphatic rings. The van der Waals surface area contributed by atoms with Gasteiger partial charge in [-0.05, 0) is 32.4 Å². The highest BCUT2D eigenvalue weighted by molar-refractivity contribution is 6.28. The van der Waals surface area contributed by atoms with E-state index in [0.717, 1.165) is 0 Å². The van der Waals surface area contributed by atoms with Gasteiger partial charge in [-0.25, -0.2) is 4.79 Å². The minimum absolute atomic E-state index is 0.0884. The second-order valence-corrected chi connectivity index (χ2v) is 4.74. The fourth-order valence-electron chi connectivity index (χ4n) is 1.27. The Bertz CT molecular complexity index is 457. The zero-order valence-electron chi connectivity index (χ0n) is 11.9. The predicted molar refractivity (Wildman–Crippen MR) is 77.1 cm³/mol. The monoisotopic (exact) mass is 302 g/mol. The molecule has 0 spiro atoms. The summed E-state index contributed by atoms with van der Waals surface area (Å²) in [5.74, 6) is 0.711. The largest absolute Gasteiger partial charge is 0.445 e. The lowest BCUT2D eigenvalue weighted by Gasteiger charge is -2.14. The van der Waals surface area contributed by atoms with Crippen LogP contribution >= 0.6 is 11.6 Å². The van der Waals surface area contributed by atoms with Crippen molar-refractivity contribution in [3.8, 4) is 0 Å². The fourth-order valence-corrected chi connectivity index (χ4v) is 1.43. The number of amides is 1. The van der Waals surface area contributed by atoms with E-state index in [1.165, 1.54) is 7.05 Å². The Labute approximate surface area is 122 Å². The maximum Gasteiger partial charge on any atom is 0.407 e. The van der Waals surface area contributed by atoms with Gasteiger partial charge in [0, 0.05) is 13.1 Å². The summed E-state index contributed by atoms with van der Waals surface area (Å²) in [5, 5.41) is 8.43. The van der Waals surface area contributed by atoms with Gasteiger partial charge in [0.05, 0.1) is 6.54 Å². The van der Waals surface area contributed by atoms with Gasteiger partial charge >= 0.3 is 6.09 Å². The zero-order valence-corrected chi connectivity index (χ0v) is 12.7. The molecule has 1 amide bonds. The molecular weight excluding hydrogens is 284 g/mol. The number of hydrogen-bond acceptors (Lipinski definition) is 7. The standard InChI is InChI=1S/C11H19ClN6O2/c1-6(2)15-10-17-8(12)16-9(18-10)14-5-7(3)20-11(19)13-4/h6-7H,5H2,1-4H3,(H,13,19)(H2,14,15,16,17,18). The van der Waals surface area contributed by atoms with Gasteiger partial charge in [0.15, 0.2) is 0 Å². The molecule has 0 saturated carbocycles. The quantitative estimate of drug-likeness (QED) is 0.732. The molecule has 1 unspecified atom stereocenters. The van der Waals surface area contributed by atoms with E-state index >= 15 is 0 Å². The molecule has 8 nitrogen and oxygen atoms in total. The van der Waals surface area contributed by atoms with Crippen LogP contribution in [0.2, 0.25) is 5.28 Å². The van der Waals surface area contributed by atoms with Crippen LogP contribution in [0.15, 0.2) is 0 Å². The summed E-state index contributed by atoms with van der Waals surface area (Å²) < 4.78 is 5.01. The molecule has 1 aromatic rings. The van der Waals surface area contributed by atoms with Crippen LogP contribution in [0.3, 0.4) is 0 Å². The van der Waals surface area contributed by atoms with E-state index in [4.69, 9.17) is 16.3 Å². The molecule has 1 heterocycles. The summed E-state index contributed by atoms with van der Waals surface area (Å²) in [4.78, 5) is 23.1. The summed E-state index contributed by atoms with van der Waals surface area (Å²) in [6.45, 7) is 6.03. The average molecular weight is 303 g/mol. The van der Waals surface area contributed by atoms with E-state index in [2.05, 4.69) is 30.9 Å². The third-order valence-electron chi connectivity index (χ3n) is 2.09. The Kier molecular flexibility index (Phi) is 6.23. The van der Waals surface area contributed by atoms with E-state index in [9.17, 15) is 4.79 Å². The summed E-state index contributed by atoms with van der Waals surface area (Å²) in [7, 11) is 1.50. The first-order valence-electron chi connectivity index (χ1n) is 6.21. The van der Waals surface area contributed by atoms with Crippen LogP contribution in [-0.2, 0) is 4.74 Å². The zero-order chi connectivity index (χ0) is 15.1. The van der Waals surface area contributed by atoms with Crippen LogP contribution in [0.1, 0.15) is 20.8 Å². The highest BCUT2D eigenvalue weighted by Crippen LogP contribution is 2.10. The lowest BCUT2D eigenvalue weighted by atomic mass is 10.4. The predicted octanol–water partition coefficient (Wildman–Crippen LogP) is 1.50. The second kappa shape index (κ2) is 7.68. The van der Waals surface area contributed by atoms with Crippen LogP contribution in [0, 0.1) is 0 Å². The number of ether oxygens (including phenoxy) is 1. The van der Waals surface area contributed by atoms with Crippen molar-refractivity contribution >= 4 is 29.6 Å². The SMILES string of the molecule is CNC(=O)OC(C)CNc1nc(Cl)nc(NC(C)C)n1. The molecule has 0 aliphatic heterocycles. The van der Waals surface area contributed by atoms with Gasteiger partial charge in [-0.1, -0.05) is 0 Å². The molecule has 0 fully saturated rings. The van der Waals surface area contributed by atoms with E-state index in [1.54, 1.807) is 6.92 Å². The third-order valence-corrected chi connectivity index (χ3v) is 2.25. The van der Waals surface area contributed by atoms with Crippen molar-refractivity contribution in [3.05, 3.63) is 5.28 Å². The molecule has 0 bridgehead atoms. The van der Waals surface area contributed by atoms with Crippen molar-refractivity contribution in [2.24, 2.45) is 0 Å². The molecular formula is C11H19ClN6O2. The number of aromatic nitrogens is 3. The summed E-state index contributed by atoms with van der Waals surface area (Å²) in [5.41, 5.74) is 0. The molecule has 1 rings (SSSR count). The van der Waals surface area contributed by atoms with Crippen molar-refractivity contribution in [2.45, 2.75) is 32.9 Å². The van der Waals surface area contributed by atoms with Gasteiger partial charge in [-0.15, -0.1) is 0 Å². The topological polar surface area (TPSA) is 101 Å². The van der Waals surface area contributed by atoms with Crippen LogP contribution in [0.25, 0.3) is 0 Å². The molecule has 20 heavy (non-hydrogen) atoms. The number of carbonyl (C=O) groups excluding carboxylic acids is 1. The Morgan fingerprint density at radius 3 is 2.50 bits per heavy atom. The smallest absolute Gasteiger partial charge is 0.407 e. The lowest BCUT2D eigenvalue weighted by molar-refractivity contribution is 0.114. The van der Waals surface area contributed by atoms with Gasteiger partial charge in [-0.3, -0.25) is 0 Å². The average Bonchev–Trinajstić information content (AvgIpc) is 2.34. The molecule has 0 saturated heterocycles. The highest BCUT2D eigenvalue weighted by atomic mass is 35.5. The van der Waals surface area contributed by atoms with E-state index in [-0.39, 0.29) is 17.4 Å². The van der Waals surface area contributed by atoms with E-state index in [1.807, 2.05) is 13.8 Å². The van der Waals surface area contributed by atoms with Gasteiger partial charge in [0.25, 0.3) is 0 Å². The van der Waals surface area contributed by atoms with Gasteiger partial charge in [0.2, 0.25) is 17.2 Å². The van der Waals surface area contributed by atoms with Gasteiger partial charge in [0.1, 0.15) is 6.10 Å². The Morgan fingerprint density at radius 2 is 1.90 bits per heavy atom. The van der Waals surface area contributed by atoms with Crippen molar-refractivity contribution in [2.75, 3.05) is 24.2 Å². The van der Waals surface area contributed by atoms with Gasteiger partial charge in [-0.2, -0.15) is 15.0 Å². The number of alkyl carbamates (subject to hydrolysis) is 1. The highest BCUT2D eigenvalue weighted by Gasteiger charge is 2.10. The van der Waals surface area contributed by atoms with E-state index < -0.39 is 6.09 Å². The minimum Gasteiger partial charge on any atom is -0.445 e. The maximum atomic E-state index is 11.0. The summed E-state index contributed by atoms with van der Waals surface area (Å²) in [6, 6.07) is 0.178. The first-order chi connectivity index (χ1) is 9.40. The fraction of sp³-hybridized carbons (Fsp3) is 0.636. The third kappa shape index (κ3) is 5.87. The van der Waals surface area contributed by atoms with Crippen molar-refractivity contribution in [1.29, 1.82) is 0 Å². The molecule has 1 atom stereocenters. The van der Waals surface area contributed by atoms with Gasteiger partial charge < -0.3 is 20.7 Å². The Morgan fingerprint density at radius 1 is 1.25 bits per heavy atom. The number of nitrogens with one attached hydrogen (secondary N) is 3. The number of halogens is 1. The van der Waals surface area contributed by atoms with Crippen LogP contribution in [0.4, 0.5) is 16.7 Å². The summed E-state index contributed by atoms with van der Waals surface area (Å²) >= 11 is 5.82. The molecule has 9 heteroatoms. The number of hydrogen-bond donors (Lipinski definition) is 3. The number of carbonyl (C=O) groups is 1. The lowest BCUT2D eigenvalue weighted by Crippen LogP contribution is -2.29. The molecule has 0 aromatic carbocycles. The molecule has 112 valence electrons. The van der Waals surface area contributed by atoms with Crippen LogP contribution in [0.5, 0.6) is 0 Å². The number of rotatable bonds is 6. The molecule has 0 radical (unpaired) electrons. The molecule has 1 aromatic heterocycles. The number of nitrogens with zero attached hydrogens (tertiary/aromatic N) is 3. The minimum atomic E-state index is -0.491. The first-order valence-corrected chi connectivity index (χ1v) is 6.59. The molecule has 0 aliphatic carbocycles.